The Morgan fingerprint density at radius 3 is 2.75 bits per heavy atom. The SMILES string of the molecule is Cc1cn(-c2cnc(OCC(C)C)c(Cl)c2)c2cc3onc(NS(=O)(=O)C4CC4)c3cc12. The van der Waals surface area contributed by atoms with E-state index in [1.54, 1.807) is 6.20 Å². The van der Waals surface area contributed by atoms with Gasteiger partial charge in [-0.25, -0.2) is 13.4 Å². The molecule has 0 spiro atoms. The Bertz CT molecular complexity index is 1440. The smallest absolute Gasteiger partial charge is 0.236 e. The van der Waals surface area contributed by atoms with Crippen LogP contribution in [-0.2, 0) is 10.0 Å². The summed E-state index contributed by atoms with van der Waals surface area (Å²) in [5.41, 5.74) is 3.15. The Morgan fingerprint density at radius 2 is 2.06 bits per heavy atom. The van der Waals surface area contributed by atoms with E-state index in [1.165, 1.54) is 0 Å². The number of aryl methyl sites for hydroxylation is 1. The van der Waals surface area contributed by atoms with Crippen LogP contribution in [0.5, 0.6) is 5.88 Å². The van der Waals surface area contributed by atoms with E-state index in [1.807, 2.05) is 35.9 Å². The highest BCUT2D eigenvalue weighted by Crippen LogP contribution is 2.35. The van der Waals surface area contributed by atoms with Gasteiger partial charge in [-0.05, 0) is 43.4 Å². The van der Waals surface area contributed by atoms with E-state index < -0.39 is 10.0 Å². The van der Waals surface area contributed by atoms with Crippen LogP contribution in [0.25, 0.3) is 27.6 Å². The molecule has 0 atom stereocenters. The number of nitrogens with zero attached hydrogens (tertiary/aromatic N) is 3. The number of fused-ring (bicyclic) bond motifs is 2. The molecule has 1 fully saturated rings. The van der Waals surface area contributed by atoms with Crippen molar-refractivity contribution in [2.75, 3.05) is 11.3 Å². The van der Waals surface area contributed by atoms with Crippen LogP contribution in [0.2, 0.25) is 5.02 Å². The summed E-state index contributed by atoms with van der Waals surface area (Å²) in [6.45, 7) is 6.64. The normalized spacial score (nSPS) is 14.5. The number of benzene rings is 1. The highest BCUT2D eigenvalue weighted by Gasteiger charge is 2.36. The van der Waals surface area contributed by atoms with Crippen molar-refractivity contribution in [2.24, 2.45) is 5.92 Å². The lowest BCUT2D eigenvalue weighted by molar-refractivity contribution is 0.261. The zero-order valence-electron chi connectivity index (χ0n) is 17.9. The minimum atomic E-state index is -3.43. The third kappa shape index (κ3) is 3.80. The zero-order chi connectivity index (χ0) is 22.6. The molecule has 3 aromatic heterocycles. The van der Waals surface area contributed by atoms with Gasteiger partial charge in [-0.3, -0.25) is 4.72 Å². The number of pyridine rings is 1. The summed E-state index contributed by atoms with van der Waals surface area (Å²) in [6.07, 6.45) is 5.04. The molecule has 1 aliphatic rings. The van der Waals surface area contributed by atoms with Crippen LogP contribution in [0, 0.1) is 12.8 Å². The fourth-order valence-electron chi connectivity index (χ4n) is 3.60. The van der Waals surface area contributed by atoms with E-state index in [9.17, 15) is 8.42 Å². The number of aromatic nitrogens is 3. The molecule has 0 bridgehead atoms. The third-order valence-corrected chi connectivity index (χ3v) is 7.52. The monoisotopic (exact) mass is 474 g/mol. The van der Waals surface area contributed by atoms with Gasteiger partial charge < -0.3 is 13.8 Å². The number of ether oxygens (including phenoxy) is 1. The Hall–Kier alpha value is -2.78. The molecule has 32 heavy (non-hydrogen) atoms. The average Bonchev–Trinajstić information content (AvgIpc) is 3.48. The molecule has 0 aliphatic heterocycles. The van der Waals surface area contributed by atoms with Crippen molar-refractivity contribution in [1.82, 2.24) is 14.7 Å². The second-order valence-corrected chi connectivity index (χ2v) is 11.0. The largest absolute Gasteiger partial charge is 0.476 e. The molecule has 0 unspecified atom stereocenters. The molecule has 1 saturated carbocycles. The van der Waals surface area contributed by atoms with Crippen LogP contribution < -0.4 is 9.46 Å². The van der Waals surface area contributed by atoms with Gasteiger partial charge >= 0.3 is 0 Å². The molecule has 3 heterocycles. The number of halogens is 1. The second-order valence-electron chi connectivity index (χ2n) is 8.61. The Morgan fingerprint density at radius 1 is 1.28 bits per heavy atom. The van der Waals surface area contributed by atoms with Crippen molar-refractivity contribution in [3.05, 3.63) is 41.2 Å². The summed E-state index contributed by atoms with van der Waals surface area (Å²) in [4.78, 5) is 4.38. The van der Waals surface area contributed by atoms with Crippen LogP contribution in [0.1, 0.15) is 32.3 Å². The number of rotatable bonds is 7. The minimum Gasteiger partial charge on any atom is -0.476 e. The van der Waals surface area contributed by atoms with Crippen molar-refractivity contribution in [2.45, 2.75) is 38.9 Å². The van der Waals surface area contributed by atoms with Crippen LogP contribution in [0.15, 0.2) is 35.1 Å². The van der Waals surface area contributed by atoms with E-state index in [0.29, 0.717) is 47.2 Å². The number of hydrogen-bond donors (Lipinski definition) is 1. The van der Waals surface area contributed by atoms with Crippen molar-refractivity contribution < 1.29 is 17.7 Å². The standard InChI is InChI=1S/C22H23ClN4O4S/c1-12(2)11-30-22-18(23)6-14(9-24-22)27-10-13(3)16-7-17-20(8-19(16)27)31-25-21(17)26-32(28,29)15-4-5-15/h6-10,12,15H,4-5,11H2,1-3H3,(H,25,26). The van der Waals surface area contributed by atoms with Crippen LogP contribution in [-0.4, -0.2) is 35.0 Å². The summed E-state index contributed by atoms with van der Waals surface area (Å²) in [5, 5.41) is 5.62. The highest BCUT2D eigenvalue weighted by atomic mass is 35.5. The molecule has 1 N–H and O–H groups in total. The van der Waals surface area contributed by atoms with Gasteiger partial charge in [-0.1, -0.05) is 30.6 Å². The first-order valence-electron chi connectivity index (χ1n) is 10.4. The summed E-state index contributed by atoms with van der Waals surface area (Å²) >= 11 is 6.42. The topological polar surface area (TPSA) is 99.2 Å². The highest BCUT2D eigenvalue weighted by molar-refractivity contribution is 7.93. The molecule has 4 aromatic rings. The molecule has 168 valence electrons. The summed E-state index contributed by atoms with van der Waals surface area (Å²) in [7, 11) is -3.43. The fourth-order valence-corrected chi connectivity index (χ4v) is 5.16. The van der Waals surface area contributed by atoms with Crippen LogP contribution >= 0.6 is 11.6 Å². The van der Waals surface area contributed by atoms with Gasteiger partial charge in [-0.2, -0.15) is 0 Å². The first kappa shape index (κ1) is 21.1. The van der Waals surface area contributed by atoms with Gasteiger partial charge in [0.05, 0.1) is 34.6 Å². The summed E-state index contributed by atoms with van der Waals surface area (Å²) < 4.78 is 40.3. The lowest BCUT2D eigenvalue weighted by atomic mass is 10.1. The lowest BCUT2D eigenvalue weighted by Crippen LogP contribution is -2.17. The molecule has 10 heteroatoms. The summed E-state index contributed by atoms with van der Waals surface area (Å²) in [5.74, 6) is 0.992. The predicted octanol–water partition coefficient (Wildman–Crippen LogP) is 5.07. The number of sulfonamides is 1. The van der Waals surface area contributed by atoms with Crippen molar-refractivity contribution in [3.8, 4) is 11.6 Å². The van der Waals surface area contributed by atoms with Gasteiger partial charge in [0, 0.05) is 17.6 Å². The average molecular weight is 475 g/mol. The molecule has 0 radical (unpaired) electrons. The van der Waals surface area contributed by atoms with E-state index in [2.05, 4.69) is 28.7 Å². The third-order valence-electron chi connectivity index (χ3n) is 5.42. The first-order chi connectivity index (χ1) is 15.2. The molecule has 8 nitrogen and oxygen atoms in total. The molecule has 0 amide bonds. The van der Waals surface area contributed by atoms with E-state index in [-0.39, 0.29) is 11.1 Å². The molecule has 5 rings (SSSR count). The Balaban J connectivity index is 1.54. The van der Waals surface area contributed by atoms with Gasteiger partial charge in [0.15, 0.2) is 11.4 Å². The van der Waals surface area contributed by atoms with Gasteiger partial charge in [0.1, 0.15) is 5.02 Å². The van der Waals surface area contributed by atoms with Gasteiger partial charge in [0.2, 0.25) is 15.9 Å². The number of nitrogens with one attached hydrogen (secondary N) is 1. The first-order valence-corrected chi connectivity index (χ1v) is 12.4. The maximum absolute atomic E-state index is 12.3. The lowest BCUT2D eigenvalue weighted by Gasteiger charge is -2.11. The van der Waals surface area contributed by atoms with E-state index >= 15 is 0 Å². The zero-order valence-corrected chi connectivity index (χ0v) is 19.5. The van der Waals surface area contributed by atoms with Gasteiger partial charge in [-0.15, -0.1) is 0 Å². The molecular weight excluding hydrogens is 452 g/mol. The number of hydrogen-bond acceptors (Lipinski definition) is 6. The maximum atomic E-state index is 12.3. The van der Waals surface area contributed by atoms with Crippen LogP contribution in [0.3, 0.4) is 0 Å². The molecule has 1 aromatic carbocycles. The summed E-state index contributed by atoms with van der Waals surface area (Å²) in [6, 6.07) is 5.55. The van der Waals surface area contributed by atoms with E-state index in [4.69, 9.17) is 20.9 Å². The minimum absolute atomic E-state index is 0.220. The van der Waals surface area contributed by atoms with Crippen molar-refractivity contribution >= 4 is 49.3 Å². The molecule has 0 saturated heterocycles. The van der Waals surface area contributed by atoms with E-state index in [0.717, 1.165) is 22.2 Å². The molecular formula is C22H23ClN4O4S. The Labute approximate surface area is 190 Å². The van der Waals surface area contributed by atoms with Crippen molar-refractivity contribution in [1.29, 1.82) is 0 Å². The van der Waals surface area contributed by atoms with Crippen molar-refractivity contribution in [3.63, 3.8) is 0 Å². The van der Waals surface area contributed by atoms with Crippen LogP contribution in [0.4, 0.5) is 5.82 Å². The predicted molar refractivity (Wildman–Crippen MR) is 124 cm³/mol. The molecule has 1 aliphatic carbocycles. The number of anilines is 1. The Kier molecular flexibility index (Phi) is 5.05. The fraction of sp³-hybridized carbons (Fsp3) is 0.364. The second kappa shape index (κ2) is 7.67. The maximum Gasteiger partial charge on any atom is 0.236 e. The van der Waals surface area contributed by atoms with Gasteiger partial charge in [0.25, 0.3) is 0 Å². The quantitative estimate of drug-likeness (QED) is 0.401.